The first-order valence-corrected chi connectivity index (χ1v) is 8.22. The molecule has 3 heteroatoms. The zero-order valence-electron chi connectivity index (χ0n) is 13.5. The predicted molar refractivity (Wildman–Crippen MR) is 89.7 cm³/mol. The number of benzene rings is 1. The van der Waals surface area contributed by atoms with Gasteiger partial charge in [0.05, 0.1) is 0 Å². The van der Waals surface area contributed by atoms with Gasteiger partial charge in [-0.05, 0) is 49.3 Å². The minimum atomic E-state index is 0.0612. The van der Waals surface area contributed by atoms with Crippen LogP contribution in [0.5, 0.6) is 0 Å². The summed E-state index contributed by atoms with van der Waals surface area (Å²) in [5.74, 6) is 1.75. The number of nitrogens with one attached hydrogen (secondary N) is 2. The van der Waals surface area contributed by atoms with E-state index in [0.717, 1.165) is 29.8 Å². The van der Waals surface area contributed by atoms with Gasteiger partial charge in [0.1, 0.15) is 0 Å². The molecule has 1 aromatic carbocycles. The second kappa shape index (κ2) is 7.48. The lowest BCUT2D eigenvalue weighted by Crippen LogP contribution is -2.20. The highest BCUT2D eigenvalue weighted by Crippen LogP contribution is 2.29. The number of hydrogen-bond donors (Lipinski definition) is 2. The Kier molecular flexibility index (Phi) is 5.66. The smallest absolute Gasteiger partial charge is 0.224 e. The van der Waals surface area contributed by atoms with Gasteiger partial charge < -0.3 is 10.6 Å². The minimum absolute atomic E-state index is 0.0612. The predicted octanol–water partition coefficient (Wildman–Crippen LogP) is 4.58. The molecule has 1 fully saturated rings. The average molecular weight is 288 g/mol. The lowest BCUT2D eigenvalue weighted by atomic mass is 9.83. The van der Waals surface area contributed by atoms with Crippen molar-refractivity contribution in [3.8, 4) is 0 Å². The number of anilines is 2. The fourth-order valence-electron chi connectivity index (χ4n) is 2.93. The first-order chi connectivity index (χ1) is 10.1. The normalized spacial score (nSPS) is 21.9. The summed E-state index contributed by atoms with van der Waals surface area (Å²) in [5.41, 5.74) is 3.25. The van der Waals surface area contributed by atoms with Crippen molar-refractivity contribution in [3.05, 3.63) is 23.8 Å². The maximum absolute atomic E-state index is 11.5. The summed E-state index contributed by atoms with van der Waals surface area (Å²) in [7, 11) is 0. The van der Waals surface area contributed by atoms with Crippen LogP contribution in [0.1, 0.15) is 51.5 Å². The molecule has 2 rings (SSSR count). The van der Waals surface area contributed by atoms with Crippen molar-refractivity contribution in [1.82, 2.24) is 0 Å². The molecule has 1 aromatic rings. The molecule has 1 amide bonds. The second-order valence-corrected chi connectivity index (χ2v) is 6.44. The van der Waals surface area contributed by atoms with Gasteiger partial charge in [0.15, 0.2) is 0 Å². The maximum atomic E-state index is 11.5. The van der Waals surface area contributed by atoms with E-state index in [9.17, 15) is 4.79 Å². The third kappa shape index (κ3) is 4.76. The highest BCUT2D eigenvalue weighted by atomic mass is 16.1. The van der Waals surface area contributed by atoms with Gasteiger partial charge in [0.2, 0.25) is 5.91 Å². The van der Waals surface area contributed by atoms with E-state index < -0.39 is 0 Å². The molecule has 21 heavy (non-hydrogen) atoms. The van der Waals surface area contributed by atoms with E-state index in [1.54, 1.807) is 0 Å². The highest BCUT2D eigenvalue weighted by molar-refractivity contribution is 5.91. The Bertz CT molecular complexity index is 476. The Balaban J connectivity index is 1.92. The molecule has 0 atom stereocenters. The van der Waals surface area contributed by atoms with Gasteiger partial charge in [0, 0.05) is 24.3 Å². The summed E-state index contributed by atoms with van der Waals surface area (Å²) in [4.78, 5) is 11.5. The lowest BCUT2D eigenvalue weighted by molar-refractivity contribution is -0.115. The van der Waals surface area contributed by atoms with Gasteiger partial charge in [-0.15, -0.1) is 0 Å². The average Bonchev–Trinajstić information content (AvgIpc) is 2.49. The molecule has 0 aromatic heterocycles. The quantitative estimate of drug-likeness (QED) is 0.832. The van der Waals surface area contributed by atoms with Crippen molar-refractivity contribution in [1.29, 1.82) is 0 Å². The molecule has 0 spiro atoms. The molecule has 0 radical (unpaired) electrons. The minimum Gasteiger partial charge on any atom is -0.384 e. The third-order valence-corrected chi connectivity index (χ3v) is 4.56. The van der Waals surface area contributed by atoms with Crippen molar-refractivity contribution in [2.45, 2.75) is 52.9 Å². The Morgan fingerprint density at radius 2 is 1.95 bits per heavy atom. The second-order valence-electron chi connectivity index (χ2n) is 6.44. The molecule has 0 unspecified atom stereocenters. The first kappa shape index (κ1) is 15.9. The van der Waals surface area contributed by atoms with Gasteiger partial charge in [-0.1, -0.05) is 32.8 Å². The fourth-order valence-corrected chi connectivity index (χ4v) is 2.93. The number of aryl methyl sites for hydroxylation is 1. The molecule has 0 saturated heterocycles. The summed E-state index contributed by atoms with van der Waals surface area (Å²) >= 11 is 0. The zero-order valence-corrected chi connectivity index (χ0v) is 13.5. The van der Waals surface area contributed by atoms with E-state index in [2.05, 4.69) is 30.5 Å². The Morgan fingerprint density at radius 3 is 2.62 bits per heavy atom. The van der Waals surface area contributed by atoms with Crippen molar-refractivity contribution in [3.63, 3.8) is 0 Å². The molecule has 0 aliphatic heterocycles. The van der Waals surface area contributed by atoms with Crippen molar-refractivity contribution in [2.24, 2.45) is 11.8 Å². The Labute approximate surface area is 128 Å². The number of carbonyl (C=O) groups excluding carboxylic acids is 1. The van der Waals surface area contributed by atoms with Gasteiger partial charge in [0.25, 0.3) is 0 Å². The van der Waals surface area contributed by atoms with Crippen LogP contribution in [0, 0.1) is 18.8 Å². The van der Waals surface area contributed by atoms with E-state index in [4.69, 9.17) is 0 Å². The molecule has 3 nitrogen and oxygen atoms in total. The molecule has 0 bridgehead atoms. The van der Waals surface area contributed by atoms with Crippen LogP contribution in [0.25, 0.3) is 0 Å². The van der Waals surface area contributed by atoms with Gasteiger partial charge in [-0.25, -0.2) is 0 Å². The van der Waals surface area contributed by atoms with E-state index in [-0.39, 0.29) is 5.91 Å². The standard InChI is InChI=1S/C18H28N2O/c1-4-18(21)20-16-10-7-14(3)17(11-16)19-12-15-8-5-13(2)6-9-15/h7,10-11,13,15,19H,4-6,8-9,12H2,1-3H3,(H,20,21). The number of amides is 1. The van der Waals surface area contributed by atoms with Crippen LogP contribution in [-0.4, -0.2) is 12.5 Å². The topological polar surface area (TPSA) is 41.1 Å². The third-order valence-electron chi connectivity index (χ3n) is 4.56. The monoisotopic (exact) mass is 288 g/mol. The molecule has 2 N–H and O–H groups in total. The summed E-state index contributed by atoms with van der Waals surface area (Å²) in [6.07, 6.45) is 5.89. The van der Waals surface area contributed by atoms with Crippen LogP contribution in [-0.2, 0) is 4.79 Å². The first-order valence-electron chi connectivity index (χ1n) is 8.22. The number of hydrogen-bond acceptors (Lipinski definition) is 2. The summed E-state index contributed by atoms with van der Waals surface area (Å²) in [6.45, 7) is 7.37. The molecule has 0 heterocycles. The largest absolute Gasteiger partial charge is 0.384 e. The molecule has 1 saturated carbocycles. The summed E-state index contributed by atoms with van der Waals surface area (Å²) < 4.78 is 0. The zero-order chi connectivity index (χ0) is 15.2. The summed E-state index contributed by atoms with van der Waals surface area (Å²) in [6, 6.07) is 6.08. The van der Waals surface area contributed by atoms with E-state index in [0.29, 0.717) is 6.42 Å². The van der Waals surface area contributed by atoms with Crippen molar-refractivity contribution < 1.29 is 4.79 Å². The van der Waals surface area contributed by atoms with Crippen LogP contribution >= 0.6 is 0 Å². The van der Waals surface area contributed by atoms with E-state index in [1.165, 1.54) is 31.2 Å². The lowest BCUT2D eigenvalue weighted by Gasteiger charge is -2.27. The van der Waals surface area contributed by atoms with Crippen LogP contribution in [0.3, 0.4) is 0 Å². The van der Waals surface area contributed by atoms with Crippen LogP contribution < -0.4 is 10.6 Å². The van der Waals surface area contributed by atoms with Gasteiger partial charge in [-0.2, -0.15) is 0 Å². The molecular formula is C18H28N2O. The number of rotatable bonds is 5. The van der Waals surface area contributed by atoms with E-state index >= 15 is 0 Å². The molecule has 116 valence electrons. The molecule has 1 aliphatic carbocycles. The fraction of sp³-hybridized carbons (Fsp3) is 0.611. The highest BCUT2D eigenvalue weighted by Gasteiger charge is 2.18. The van der Waals surface area contributed by atoms with Crippen LogP contribution in [0.2, 0.25) is 0 Å². The van der Waals surface area contributed by atoms with Gasteiger partial charge >= 0.3 is 0 Å². The van der Waals surface area contributed by atoms with Crippen molar-refractivity contribution in [2.75, 3.05) is 17.2 Å². The summed E-state index contributed by atoms with van der Waals surface area (Å²) in [5, 5.41) is 6.50. The maximum Gasteiger partial charge on any atom is 0.224 e. The molecule has 1 aliphatic rings. The van der Waals surface area contributed by atoms with Gasteiger partial charge in [-0.3, -0.25) is 4.79 Å². The Morgan fingerprint density at radius 1 is 1.24 bits per heavy atom. The Hall–Kier alpha value is -1.51. The van der Waals surface area contributed by atoms with Crippen LogP contribution in [0.4, 0.5) is 11.4 Å². The van der Waals surface area contributed by atoms with E-state index in [1.807, 2.05) is 19.1 Å². The van der Waals surface area contributed by atoms with Crippen LogP contribution in [0.15, 0.2) is 18.2 Å². The number of carbonyl (C=O) groups is 1. The van der Waals surface area contributed by atoms with Crippen molar-refractivity contribution >= 4 is 17.3 Å². The SMILES string of the molecule is CCC(=O)Nc1ccc(C)c(NCC2CCC(C)CC2)c1. The molecular weight excluding hydrogens is 260 g/mol.